The van der Waals surface area contributed by atoms with Crippen molar-refractivity contribution < 1.29 is 4.79 Å². The molecule has 19 heavy (non-hydrogen) atoms. The molecule has 1 heterocycles. The molecular formula is C15H17N3O. The molecule has 4 nitrogen and oxygen atoms in total. The molecule has 1 saturated carbocycles. The fourth-order valence-corrected chi connectivity index (χ4v) is 2.18. The van der Waals surface area contributed by atoms with Crippen molar-refractivity contribution in [2.75, 3.05) is 0 Å². The van der Waals surface area contributed by atoms with E-state index in [1.54, 1.807) is 6.20 Å². The lowest BCUT2D eigenvalue weighted by Gasteiger charge is -2.23. The molecule has 0 saturated heterocycles. The van der Waals surface area contributed by atoms with Gasteiger partial charge in [0.05, 0.1) is 11.9 Å². The number of nitrogens with one attached hydrogen (secondary N) is 1. The van der Waals surface area contributed by atoms with Crippen molar-refractivity contribution in [3.8, 4) is 5.69 Å². The van der Waals surface area contributed by atoms with Crippen molar-refractivity contribution in [3.63, 3.8) is 0 Å². The van der Waals surface area contributed by atoms with E-state index in [0.29, 0.717) is 6.54 Å². The normalized spacial score (nSPS) is 14.9. The van der Waals surface area contributed by atoms with Crippen molar-refractivity contribution in [2.45, 2.75) is 25.8 Å². The van der Waals surface area contributed by atoms with E-state index in [1.165, 1.54) is 6.42 Å². The molecule has 0 atom stereocenters. The number of benzene rings is 1. The third-order valence-corrected chi connectivity index (χ3v) is 3.60. The van der Waals surface area contributed by atoms with Crippen LogP contribution in [0, 0.1) is 5.92 Å². The van der Waals surface area contributed by atoms with Crippen LogP contribution in [0.2, 0.25) is 0 Å². The van der Waals surface area contributed by atoms with Crippen molar-refractivity contribution in [2.24, 2.45) is 5.92 Å². The Morgan fingerprint density at radius 2 is 2.11 bits per heavy atom. The fraction of sp³-hybridized carbons (Fsp3) is 0.333. The monoisotopic (exact) mass is 255 g/mol. The first-order valence-corrected chi connectivity index (χ1v) is 6.69. The molecule has 1 aliphatic carbocycles. The summed E-state index contributed by atoms with van der Waals surface area (Å²) in [5, 5.41) is 7.28. The Kier molecular flexibility index (Phi) is 3.31. The van der Waals surface area contributed by atoms with Crippen molar-refractivity contribution in [1.82, 2.24) is 15.1 Å². The van der Waals surface area contributed by atoms with Crippen LogP contribution in [0.1, 0.15) is 24.8 Å². The van der Waals surface area contributed by atoms with E-state index in [1.807, 2.05) is 41.2 Å². The average Bonchev–Trinajstić information content (AvgIpc) is 2.84. The molecule has 4 heteroatoms. The first-order chi connectivity index (χ1) is 9.33. The molecule has 1 N–H and O–H groups in total. The Hall–Kier alpha value is -2.10. The van der Waals surface area contributed by atoms with Crippen LogP contribution in [0.5, 0.6) is 0 Å². The van der Waals surface area contributed by atoms with Crippen LogP contribution < -0.4 is 5.32 Å². The Morgan fingerprint density at radius 1 is 1.32 bits per heavy atom. The van der Waals surface area contributed by atoms with Crippen molar-refractivity contribution >= 4 is 5.91 Å². The highest BCUT2D eigenvalue weighted by Gasteiger charge is 2.24. The van der Waals surface area contributed by atoms with E-state index in [-0.39, 0.29) is 11.8 Å². The molecule has 1 amide bonds. The van der Waals surface area contributed by atoms with Gasteiger partial charge < -0.3 is 5.32 Å². The second kappa shape index (κ2) is 5.26. The Balaban J connectivity index is 1.60. The van der Waals surface area contributed by atoms with Gasteiger partial charge in [-0.2, -0.15) is 5.10 Å². The number of amides is 1. The molecule has 3 rings (SSSR count). The predicted octanol–water partition coefficient (Wildman–Crippen LogP) is 2.29. The minimum Gasteiger partial charge on any atom is -0.352 e. The van der Waals surface area contributed by atoms with Crippen molar-refractivity contribution in [3.05, 3.63) is 48.3 Å². The van der Waals surface area contributed by atoms with Gasteiger partial charge in [-0.15, -0.1) is 0 Å². The molecular weight excluding hydrogens is 238 g/mol. The number of para-hydroxylation sites is 1. The fourth-order valence-electron chi connectivity index (χ4n) is 2.18. The molecule has 0 radical (unpaired) electrons. The molecule has 98 valence electrons. The first kappa shape index (κ1) is 12.0. The van der Waals surface area contributed by atoms with E-state index < -0.39 is 0 Å². The summed E-state index contributed by atoms with van der Waals surface area (Å²) in [4.78, 5) is 11.7. The summed E-state index contributed by atoms with van der Waals surface area (Å²) >= 11 is 0. The zero-order valence-corrected chi connectivity index (χ0v) is 10.7. The highest BCUT2D eigenvalue weighted by Crippen LogP contribution is 2.26. The maximum Gasteiger partial charge on any atom is 0.223 e. The number of aromatic nitrogens is 2. The SMILES string of the molecule is O=C(NCc1cnn(-c2ccccc2)c1)C1CCC1. The first-order valence-electron chi connectivity index (χ1n) is 6.69. The number of nitrogens with zero attached hydrogens (tertiary/aromatic N) is 2. The predicted molar refractivity (Wildman–Crippen MR) is 72.8 cm³/mol. The van der Waals surface area contributed by atoms with Crippen LogP contribution >= 0.6 is 0 Å². The molecule has 1 aromatic heterocycles. The van der Waals surface area contributed by atoms with Crippen LogP contribution in [0.4, 0.5) is 0 Å². The molecule has 1 fully saturated rings. The number of rotatable bonds is 4. The Labute approximate surface area is 112 Å². The quantitative estimate of drug-likeness (QED) is 0.911. The standard InChI is InChI=1S/C15H17N3O/c19-15(13-5-4-6-13)16-9-12-10-17-18(11-12)14-7-2-1-3-8-14/h1-3,7-8,10-11,13H,4-6,9H2,(H,16,19). The van der Waals surface area contributed by atoms with E-state index in [4.69, 9.17) is 0 Å². The van der Waals surface area contributed by atoms with Crippen LogP contribution in [0.15, 0.2) is 42.7 Å². The zero-order chi connectivity index (χ0) is 13.1. The van der Waals surface area contributed by atoms with Crippen LogP contribution in [-0.2, 0) is 11.3 Å². The third kappa shape index (κ3) is 2.67. The summed E-state index contributed by atoms with van der Waals surface area (Å²) in [5.41, 5.74) is 2.05. The summed E-state index contributed by atoms with van der Waals surface area (Å²) < 4.78 is 1.82. The lowest BCUT2D eigenvalue weighted by atomic mass is 9.85. The number of carbonyl (C=O) groups excluding carboxylic acids is 1. The number of hydrogen-bond acceptors (Lipinski definition) is 2. The van der Waals surface area contributed by atoms with Gasteiger partial charge in [-0.1, -0.05) is 24.6 Å². The second-order valence-corrected chi connectivity index (χ2v) is 4.97. The Morgan fingerprint density at radius 3 is 2.79 bits per heavy atom. The second-order valence-electron chi connectivity index (χ2n) is 4.97. The number of carbonyl (C=O) groups is 1. The van der Waals surface area contributed by atoms with Gasteiger partial charge in [0.25, 0.3) is 0 Å². The van der Waals surface area contributed by atoms with E-state index in [2.05, 4.69) is 10.4 Å². The maximum absolute atomic E-state index is 11.7. The van der Waals surface area contributed by atoms with Gasteiger partial charge in [-0.05, 0) is 25.0 Å². The lowest BCUT2D eigenvalue weighted by Crippen LogP contribution is -2.33. The van der Waals surface area contributed by atoms with E-state index in [0.717, 1.165) is 24.1 Å². The molecule has 2 aromatic rings. The molecule has 1 aromatic carbocycles. The molecule has 0 aliphatic heterocycles. The van der Waals surface area contributed by atoms with Crippen LogP contribution in [0.3, 0.4) is 0 Å². The van der Waals surface area contributed by atoms with Gasteiger partial charge in [0.1, 0.15) is 0 Å². The van der Waals surface area contributed by atoms with Crippen LogP contribution in [0.25, 0.3) is 5.69 Å². The topological polar surface area (TPSA) is 46.9 Å². The highest BCUT2D eigenvalue weighted by atomic mass is 16.1. The molecule has 0 unspecified atom stereocenters. The summed E-state index contributed by atoms with van der Waals surface area (Å²) in [6.45, 7) is 0.558. The van der Waals surface area contributed by atoms with Gasteiger partial charge in [0.2, 0.25) is 5.91 Å². The zero-order valence-electron chi connectivity index (χ0n) is 10.7. The minimum absolute atomic E-state index is 0.179. The summed E-state index contributed by atoms with van der Waals surface area (Å²) in [6.07, 6.45) is 7.01. The van der Waals surface area contributed by atoms with E-state index in [9.17, 15) is 4.79 Å². The van der Waals surface area contributed by atoms with Crippen molar-refractivity contribution in [1.29, 1.82) is 0 Å². The summed E-state index contributed by atoms with van der Waals surface area (Å²) in [6, 6.07) is 9.95. The summed E-state index contributed by atoms with van der Waals surface area (Å²) in [5.74, 6) is 0.419. The summed E-state index contributed by atoms with van der Waals surface area (Å²) in [7, 11) is 0. The largest absolute Gasteiger partial charge is 0.352 e. The number of hydrogen-bond donors (Lipinski definition) is 1. The van der Waals surface area contributed by atoms with E-state index >= 15 is 0 Å². The minimum atomic E-state index is 0.179. The van der Waals surface area contributed by atoms with Crippen LogP contribution in [-0.4, -0.2) is 15.7 Å². The van der Waals surface area contributed by atoms with Gasteiger partial charge in [0, 0.05) is 24.2 Å². The Bertz CT molecular complexity index is 558. The van der Waals surface area contributed by atoms with Gasteiger partial charge >= 0.3 is 0 Å². The molecule has 0 spiro atoms. The highest BCUT2D eigenvalue weighted by molar-refractivity contribution is 5.79. The third-order valence-electron chi connectivity index (χ3n) is 3.60. The maximum atomic E-state index is 11.7. The van der Waals surface area contributed by atoms with Gasteiger partial charge in [0.15, 0.2) is 0 Å². The average molecular weight is 255 g/mol. The van der Waals surface area contributed by atoms with Gasteiger partial charge in [-0.25, -0.2) is 4.68 Å². The molecule has 0 bridgehead atoms. The smallest absolute Gasteiger partial charge is 0.223 e. The van der Waals surface area contributed by atoms with Gasteiger partial charge in [-0.3, -0.25) is 4.79 Å². The lowest BCUT2D eigenvalue weighted by molar-refractivity contribution is -0.127. The molecule has 1 aliphatic rings.